The lowest BCUT2D eigenvalue weighted by Gasteiger charge is -2.24. The predicted octanol–water partition coefficient (Wildman–Crippen LogP) is 3.74. The number of ether oxygens (including phenoxy) is 1. The first-order valence-electron chi connectivity index (χ1n) is 9.10. The highest BCUT2D eigenvalue weighted by Gasteiger charge is 2.21. The summed E-state index contributed by atoms with van der Waals surface area (Å²) >= 11 is 1.79. The Bertz CT molecular complexity index is 705. The second kappa shape index (κ2) is 9.05. The monoisotopic (exact) mass is 373 g/mol. The van der Waals surface area contributed by atoms with Crippen LogP contribution in [0.4, 0.5) is 4.79 Å². The van der Waals surface area contributed by atoms with E-state index in [1.54, 1.807) is 18.4 Å². The van der Waals surface area contributed by atoms with E-state index in [9.17, 15) is 4.79 Å². The van der Waals surface area contributed by atoms with Gasteiger partial charge >= 0.3 is 6.03 Å². The molecule has 140 valence electrons. The number of hydrogen-bond donors (Lipinski definition) is 1. The van der Waals surface area contributed by atoms with Crippen LogP contribution in [-0.2, 0) is 6.54 Å². The molecule has 1 aromatic carbocycles. The first-order chi connectivity index (χ1) is 12.7. The lowest BCUT2D eigenvalue weighted by molar-refractivity contribution is 0.194. The third-order valence-corrected chi connectivity index (χ3v) is 5.63. The maximum atomic E-state index is 12.7. The second-order valence-corrected chi connectivity index (χ2v) is 7.68. The summed E-state index contributed by atoms with van der Waals surface area (Å²) in [7, 11) is 1.65. The number of thiophene rings is 1. The molecular weight excluding hydrogens is 346 g/mol. The molecule has 0 radical (unpaired) electrons. The molecule has 1 aliphatic heterocycles. The predicted molar refractivity (Wildman–Crippen MR) is 106 cm³/mol. The van der Waals surface area contributed by atoms with Gasteiger partial charge in [0.05, 0.1) is 13.2 Å². The third-order valence-electron chi connectivity index (χ3n) is 4.77. The van der Waals surface area contributed by atoms with Gasteiger partial charge in [0.2, 0.25) is 0 Å². The quantitative estimate of drug-likeness (QED) is 0.868. The fraction of sp³-hybridized carbons (Fsp3) is 0.450. The van der Waals surface area contributed by atoms with Crippen LogP contribution in [-0.4, -0.2) is 49.1 Å². The van der Waals surface area contributed by atoms with Gasteiger partial charge in [-0.05, 0) is 42.5 Å². The minimum Gasteiger partial charge on any atom is -0.497 e. The lowest BCUT2D eigenvalue weighted by atomic mass is 10.1. The van der Waals surface area contributed by atoms with Crippen molar-refractivity contribution >= 4 is 17.4 Å². The Morgan fingerprint density at radius 2 is 2.12 bits per heavy atom. The number of benzene rings is 1. The zero-order chi connectivity index (χ0) is 18.4. The molecule has 1 N–H and O–H groups in total. The molecule has 2 heterocycles. The van der Waals surface area contributed by atoms with Crippen molar-refractivity contribution in [2.24, 2.45) is 0 Å². The van der Waals surface area contributed by atoms with Gasteiger partial charge < -0.3 is 15.0 Å². The molecule has 0 spiro atoms. The molecule has 6 heteroatoms. The number of methoxy groups -OCH3 is 1. The summed E-state index contributed by atoms with van der Waals surface area (Å²) in [4.78, 5) is 18.4. The molecule has 3 rings (SSSR count). The van der Waals surface area contributed by atoms with Gasteiger partial charge in [-0.3, -0.25) is 4.90 Å². The van der Waals surface area contributed by atoms with E-state index < -0.39 is 0 Å². The second-order valence-electron chi connectivity index (χ2n) is 6.64. The van der Waals surface area contributed by atoms with Crippen molar-refractivity contribution in [2.75, 3.05) is 33.3 Å². The van der Waals surface area contributed by atoms with Crippen LogP contribution in [0.15, 0.2) is 41.8 Å². The summed E-state index contributed by atoms with van der Waals surface area (Å²) in [6.45, 7) is 6.51. The van der Waals surface area contributed by atoms with Crippen LogP contribution in [0, 0.1) is 0 Å². The summed E-state index contributed by atoms with van der Waals surface area (Å²) in [5.41, 5.74) is 1.05. The van der Waals surface area contributed by atoms with E-state index in [0.29, 0.717) is 0 Å². The highest BCUT2D eigenvalue weighted by atomic mass is 32.1. The topological polar surface area (TPSA) is 44.8 Å². The Morgan fingerprint density at radius 1 is 1.23 bits per heavy atom. The fourth-order valence-electron chi connectivity index (χ4n) is 3.23. The van der Waals surface area contributed by atoms with Crippen molar-refractivity contribution in [3.05, 3.63) is 52.2 Å². The fourth-order valence-corrected chi connectivity index (χ4v) is 3.97. The number of urea groups is 1. The van der Waals surface area contributed by atoms with Crippen LogP contribution in [0.3, 0.4) is 0 Å². The SMILES string of the molecule is COc1cccc([C@H](C)NC(=O)N2CCCN(Cc3cccs3)CC2)c1. The zero-order valence-corrected chi connectivity index (χ0v) is 16.3. The summed E-state index contributed by atoms with van der Waals surface area (Å²) in [6.07, 6.45) is 1.01. The highest BCUT2D eigenvalue weighted by molar-refractivity contribution is 7.09. The Hall–Kier alpha value is -2.05. The molecule has 2 aromatic rings. The van der Waals surface area contributed by atoms with Crippen molar-refractivity contribution in [2.45, 2.75) is 25.9 Å². The molecule has 0 saturated carbocycles. The molecular formula is C20H27N3O2S. The Morgan fingerprint density at radius 3 is 2.88 bits per heavy atom. The number of nitrogens with one attached hydrogen (secondary N) is 1. The molecule has 0 unspecified atom stereocenters. The van der Waals surface area contributed by atoms with Crippen molar-refractivity contribution in [1.82, 2.24) is 15.1 Å². The standard InChI is InChI=1S/C20H27N3O2S/c1-16(17-6-3-7-18(14-17)25-2)21-20(24)23-10-5-9-22(11-12-23)15-19-8-4-13-26-19/h3-4,6-8,13-14,16H,5,9-12,15H2,1-2H3,(H,21,24)/t16-/m0/s1. The summed E-state index contributed by atoms with van der Waals surface area (Å²) in [6, 6.07) is 12.1. The van der Waals surface area contributed by atoms with E-state index in [-0.39, 0.29) is 12.1 Å². The average Bonchev–Trinajstić information content (AvgIpc) is 3.05. The van der Waals surface area contributed by atoms with E-state index in [2.05, 4.69) is 27.7 Å². The maximum Gasteiger partial charge on any atom is 0.317 e. The van der Waals surface area contributed by atoms with Crippen LogP contribution in [0.1, 0.15) is 29.8 Å². The van der Waals surface area contributed by atoms with Gasteiger partial charge in [-0.2, -0.15) is 0 Å². The summed E-state index contributed by atoms with van der Waals surface area (Å²) < 4.78 is 5.27. The van der Waals surface area contributed by atoms with Gasteiger partial charge in [0.1, 0.15) is 5.75 Å². The number of hydrogen-bond acceptors (Lipinski definition) is 4. The molecule has 1 aromatic heterocycles. The first kappa shape index (κ1) is 18.7. The lowest BCUT2D eigenvalue weighted by Crippen LogP contribution is -2.42. The van der Waals surface area contributed by atoms with Gasteiger partial charge in [-0.25, -0.2) is 4.79 Å². The smallest absolute Gasteiger partial charge is 0.317 e. The Kier molecular flexibility index (Phi) is 6.52. The van der Waals surface area contributed by atoms with Crippen LogP contribution in [0.2, 0.25) is 0 Å². The number of rotatable bonds is 5. The average molecular weight is 374 g/mol. The Balaban J connectivity index is 1.52. The van der Waals surface area contributed by atoms with Crippen LogP contribution >= 0.6 is 11.3 Å². The minimum atomic E-state index is -0.0527. The van der Waals surface area contributed by atoms with Crippen molar-refractivity contribution in [3.8, 4) is 5.75 Å². The van der Waals surface area contributed by atoms with E-state index in [1.165, 1.54) is 4.88 Å². The number of carbonyl (C=O) groups excluding carboxylic acids is 1. The van der Waals surface area contributed by atoms with Gasteiger partial charge in [0, 0.05) is 37.6 Å². The molecule has 0 aliphatic carbocycles. The molecule has 1 fully saturated rings. The van der Waals surface area contributed by atoms with Gasteiger partial charge in [0.25, 0.3) is 0 Å². The molecule has 5 nitrogen and oxygen atoms in total. The van der Waals surface area contributed by atoms with Crippen molar-refractivity contribution in [3.63, 3.8) is 0 Å². The largest absolute Gasteiger partial charge is 0.497 e. The summed E-state index contributed by atoms with van der Waals surface area (Å²) in [5.74, 6) is 0.808. The van der Waals surface area contributed by atoms with E-state index in [0.717, 1.165) is 50.5 Å². The first-order valence-corrected chi connectivity index (χ1v) is 9.98. The van der Waals surface area contributed by atoms with Crippen molar-refractivity contribution < 1.29 is 9.53 Å². The minimum absolute atomic E-state index is 0.0123. The number of carbonyl (C=O) groups is 1. The zero-order valence-electron chi connectivity index (χ0n) is 15.5. The molecule has 2 amide bonds. The molecule has 1 aliphatic rings. The van der Waals surface area contributed by atoms with E-state index in [1.807, 2.05) is 36.1 Å². The third kappa shape index (κ3) is 4.99. The summed E-state index contributed by atoms with van der Waals surface area (Å²) in [5, 5.41) is 5.24. The van der Waals surface area contributed by atoms with Crippen LogP contribution < -0.4 is 10.1 Å². The van der Waals surface area contributed by atoms with Crippen LogP contribution in [0.5, 0.6) is 5.75 Å². The van der Waals surface area contributed by atoms with Crippen LogP contribution in [0.25, 0.3) is 0 Å². The highest BCUT2D eigenvalue weighted by Crippen LogP contribution is 2.19. The van der Waals surface area contributed by atoms with Gasteiger partial charge in [0.15, 0.2) is 0 Å². The van der Waals surface area contributed by atoms with Crippen molar-refractivity contribution in [1.29, 1.82) is 0 Å². The van der Waals surface area contributed by atoms with E-state index in [4.69, 9.17) is 4.74 Å². The van der Waals surface area contributed by atoms with E-state index >= 15 is 0 Å². The molecule has 1 atom stereocenters. The molecule has 0 bridgehead atoms. The normalized spacial score (nSPS) is 16.8. The Labute approximate surface area is 159 Å². The number of amides is 2. The van der Waals surface area contributed by atoms with Gasteiger partial charge in [-0.1, -0.05) is 18.2 Å². The molecule has 26 heavy (non-hydrogen) atoms. The number of nitrogens with zero attached hydrogens (tertiary/aromatic N) is 2. The van der Waals surface area contributed by atoms with Gasteiger partial charge in [-0.15, -0.1) is 11.3 Å². The molecule has 1 saturated heterocycles. The maximum absolute atomic E-state index is 12.7.